The van der Waals surface area contributed by atoms with Gasteiger partial charge in [-0.25, -0.2) is 9.59 Å². The molecule has 0 saturated heterocycles. The Hall–Kier alpha value is -2.09. The summed E-state index contributed by atoms with van der Waals surface area (Å²) in [6.45, 7) is 12.5. The maximum atomic E-state index is 10.8. The van der Waals surface area contributed by atoms with Crippen molar-refractivity contribution >= 4 is 35.0 Å². The smallest absolute Gasteiger partial charge is 0.661 e. The third kappa shape index (κ3) is 13.3. The van der Waals surface area contributed by atoms with Crippen LogP contribution >= 0.6 is 0 Å². The first-order chi connectivity index (χ1) is 12.9. The standard InChI is InChI=1S/2C11H14O3.Mg.4H2O/c2*1-11(2,3)9-6-4-8(5-7-9)10(12)14-13;;;;;/h2*4-7,13H,1-3H3;;4*1H2/q;;+2;;;;/p-2. The van der Waals surface area contributed by atoms with Gasteiger partial charge in [0.05, 0.1) is 11.1 Å². The third-order valence-electron chi connectivity index (χ3n) is 4.12. The van der Waals surface area contributed by atoms with Crippen LogP contribution in [0, 0.1) is 0 Å². The van der Waals surface area contributed by atoms with E-state index in [0.717, 1.165) is 11.1 Å². The maximum Gasteiger partial charge on any atom is 2.00 e. The van der Waals surface area contributed by atoms with Crippen LogP contribution in [0.4, 0.5) is 0 Å². The van der Waals surface area contributed by atoms with Gasteiger partial charge < -0.3 is 42.2 Å². The van der Waals surface area contributed by atoms with Crippen LogP contribution in [0.5, 0.6) is 0 Å². The first-order valence-corrected chi connectivity index (χ1v) is 8.79. The summed E-state index contributed by atoms with van der Waals surface area (Å²) >= 11 is 0. The van der Waals surface area contributed by atoms with Crippen LogP contribution in [0.15, 0.2) is 48.5 Å². The van der Waals surface area contributed by atoms with Gasteiger partial charge >= 0.3 is 35.0 Å². The quantitative estimate of drug-likeness (QED) is 0.300. The average Bonchev–Trinajstić information content (AvgIpc) is 2.66. The summed E-state index contributed by atoms with van der Waals surface area (Å²) in [5.41, 5.74) is 2.88. The van der Waals surface area contributed by atoms with Crippen molar-refractivity contribution in [3.63, 3.8) is 0 Å². The summed E-state index contributed by atoms with van der Waals surface area (Å²) < 4.78 is 0. The van der Waals surface area contributed by atoms with E-state index in [1.807, 2.05) is 24.3 Å². The van der Waals surface area contributed by atoms with E-state index >= 15 is 0 Å². The fourth-order valence-electron chi connectivity index (χ4n) is 2.31. The van der Waals surface area contributed by atoms with Crippen molar-refractivity contribution in [3.8, 4) is 0 Å². The molecule has 0 fully saturated rings. The molecular weight excluding hydrogens is 449 g/mol. The minimum atomic E-state index is -0.842. The van der Waals surface area contributed by atoms with Crippen LogP contribution in [0.3, 0.4) is 0 Å². The molecule has 0 unspecified atom stereocenters. The summed E-state index contributed by atoms with van der Waals surface area (Å²) in [6, 6.07) is 13.7. The summed E-state index contributed by atoms with van der Waals surface area (Å²) in [4.78, 5) is 28.4. The Bertz CT molecular complexity index is 722. The van der Waals surface area contributed by atoms with Crippen molar-refractivity contribution in [2.24, 2.45) is 0 Å². The van der Waals surface area contributed by atoms with Gasteiger partial charge in [0.1, 0.15) is 0 Å². The number of rotatable bonds is 2. The number of hydrogen-bond donors (Lipinski definition) is 0. The SMILES string of the molecule is CC(C)(C)c1ccc(C(=O)O[O-])cc1.CC(C)(C)c1ccc(C(=O)O[O-])cc1.O.O.O.O.[Mg+2]. The molecule has 0 amide bonds. The van der Waals surface area contributed by atoms with Gasteiger partial charge in [-0.3, -0.25) is 0 Å². The zero-order chi connectivity index (χ0) is 21.5. The number of benzene rings is 2. The molecule has 2 aromatic rings. The number of hydrogen-bond acceptors (Lipinski definition) is 6. The first kappa shape index (κ1) is 41.2. The molecule has 0 bridgehead atoms. The van der Waals surface area contributed by atoms with Crippen molar-refractivity contribution in [3.05, 3.63) is 70.8 Å². The van der Waals surface area contributed by atoms with Crippen LogP contribution in [0.2, 0.25) is 0 Å². The molecule has 0 aliphatic carbocycles. The minimum Gasteiger partial charge on any atom is -0.661 e. The van der Waals surface area contributed by atoms with E-state index in [1.54, 1.807) is 24.3 Å². The van der Waals surface area contributed by atoms with Gasteiger partial charge in [-0.1, -0.05) is 65.8 Å². The van der Waals surface area contributed by atoms with Gasteiger partial charge in [0.25, 0.3) is 0 Å². The van der Waals surface area contributed by atoms with Crippen molar-refractivity contribution in [1.29, 1.82) is 0 Å². The predicted octanol–water partition coefficient (Wildman–Crippen LogP) is -0.847. The zero-order valence-corrected chi connectivity index (χ0v) is 21.2. The average molecular weight is 483 g/mol. The Balaban J connectivity index is -0.000000138. The minimum absolute atomic E-state index is 0. The monoisotopic (exact) mass is 482 g/mol. The maximum absolute atomic E-state index is 10.8. The Morgan fingerprint density at radius 1 is 0.576 bits per heavy atom. The van der Waals surface area contributed by atoms with Gasteiger partial charge in [0.15, 0.2) is 0 Å². The van der Waals surface area contributed by atoms with Crippen molar-refractivity contribution in [2.45, 2.75) is 52.4 Å². The molecule has 2 rings (SSSR count). The molecule has 33 heavy (non-hydrogen) atoms. The predicted molar refractivity (Wildman–Crippen MR) is 121 cm³/mol. The molecule has 0 atom stereocenters. The Labute approximate surface area is 209 Å². The van der Waals surface area contributed by atoms with Gasteiger partial charge in [-0.2, -0.15) is 0 Å². The van der Waals surface area contributed by atoms with E-state index in [2.05, 4.69) is 51.3 Å². The fourth-order valence-corrected chi connectivity index (χ4v) is 2.31. The molecular formula is C22H34MgO10. The van der Waals surface area contributed by atoms with E-state index in [-0.39, 0.29) is 66.9 Å². The van der Waals surface area contributed by atoms with E-state index in [0.29, 0.717) is 0 Å². The molecule has 184 valence electrons. The molecule has 0 aliphatic heterocycles. The topological polar surface area (TPSA) is 225 Å². The molecule has 0 saturated carbocycles. The normalized spacial score (nSPS) is 9.45. The van der Waals surface area contributed by atoms with Gasteiger partial charge in [-0.15, -0.1) is 0 Å². The Morgan fingerprint density at radius 3 is 0.939 bits per heavy atom. The molecule has 0 radical (unpaired) electrons. The second kappa shape index (κ2) is 17.4. The molecule has 10 nitrogen and oxygen atoms in total. The van der Waals surface area contributed by atoms with Gasteiger partial charge in [-0.05, 0) is 46.2 Å². The van der Waals surface area contributed by atoms with E-state index in [1.165, 1.54) is 0 Å². The van der Waals surface area contributed by atoms with Crippen molar-refractivity contribution in [2.75, 3.05) is 0 Å². The molecule has 0 aliphatic rings. The zero-order valence-electron chi connectivity index (χ0n) is 19.8. The van der Waals surface area contributed by atoms with Crippen LogP contribution in [-0.2, 0) is 20.6 Å². The van der Waals surface area contributed by atoms with Crippen molar-refractivity contribution in [1.82, 2.24) is 0 Å². The Kier molecular flexibility index (Phi) is 21.7. The fraction of sp³-hybridized carbons (Fsp3) is 0.364. The van der Waals surface area contributed by atoms with Crippen LogP contribution < -0.4 is 10.5 Å². The van der Waals surface area contributed by atoms with Crippen LogP contribution in [0.1, 0.15) is 73.4 Å². The third-order valence-corrected chi connectivity index (χ3v) is 4.12. The summed E-state index contributed by atoms with van der Waals surface area (Å²) in [5, 5.41) is 19.7. The van der Waals surface area contributed by atoms with E-state index in [4.69, 9.17) is 0 Å². The summed E-state index contributed by atoms with van der Waals surface area (Å²) in [5.74, 6) is -1.68. The molecule has 11 heteroatoms. The summed E-state index contributed by atoms with van der Waals surface area (Å²) in [7, 11) is 0. The van der Waals surface area contributed by atoms with Gasteiger partial charge in [0, 0.05) is 0 Å². The molecule has 0 heterocycles. The number of carbonyl (C=O) groups is 2. The largest absolute Gasteiger partial charge is 2.00 e. The van der Waals surface area contributed by atoms with Crippen LogP contribution in [0.25, 0.3) is 0 Å². The second-order valence-corrected chi connectivity index (χ2v) is 8.40. The van der Waals surface area contributed by atoms with E-state index < -0.39 is 11.9 Å². The van der Waals surface area contributed by atoms with Crippen molar-refractivity contribution < 1.29 is 51.8 Å². The Morgan fingerprint density at radius 2 is 0.788 bits per heavy atom. The molecule has 2 aromatic carbocycles. The summed E-state index contributed by atoms with van der Waals surface area (Å²) in [6.07, 6.45) is 0. The van der Waals surface area contributed by atoms with E-state index in [9.17, 15) is 20.1 Å². The number of carbonyl (C=O) groups excluding carboxylic acids is 2. The molecule has 0 spiro atoms. The van der Waals surface area contributed by atoms with Gasteiger partial charge in [0.2, 0.25) is 0 Å². The second-order valence-electron chi connectivity index (χ2n) is 8.40. The van der Waals surface area contributed by atoms with Crippen LogP contribution in [-0.4, -0.2) is 56.9 Å². The first-order valence-electron chi connectivity index (χ1n) is 8.79. The molecule has 0 aromatic heterocycles. The molecule has 8 N–H and O–H groups in total.